The molecule has 1 aliphatic heterocycles. The summed E-state index contributed by atoms with van der Waals surface area (Å²) in [6, 6.07) is 0. The predicted molar refractivity (Wildman–Crippen MR) is 32.9 cm³/mol. The summed E-state index contributed by atoms with van der Waals surface area (Å²) in [5, 5.41) is 2.61. The lowest BCUT2D eigenvalue weighted by atomic mass is 10.4. The van der Waals surface area contributed by atoms with Gasteiger partial charge in [0.2, 0.25) is 0 Å². The van der Waals surface area contributed by atoms with Gasteiger partial charge in [-0.3, -0.25) is 0 Å². The Balaban J connectivity index is 2.69. The second-order valence-corrected chi connectivity index (χ2v) is 2.44. The van der Waals surface area contributed by atoms with Crippen LogP contribution in [0.1, 0.15) is 0 Å². The lowest BCUT2D eigenvalue weighted by Gasteiger charge is -2.02. The van der Waals surface area contributed by atoms with Crippen molar-refractivity contribution in [3.05, 3.63) is 22.6 Å². The van der Waals surface area contributed by atoms with Crippen LogP contribution < -0.4 is 5.32 Å². The van der Waals surface area contributed by atoms with E-state index in [4.69, 9.17) is 0 Å². The number of dihydropyridines is 1. The quantitative estimate of drug-likeness (QED) is 0.590. The monoisotopic (exact) mass is 176 g/mol. The molecule has 0 atom stereocenters. The summed E-state index contributed by atoms with van der Waals surface area (Å²) in [6.45, 7) is 0.632. The lowest BCUT2D eigenvalue weighted by Crippen LogP contribution is -2.11. The summed E-state index contributed by atoms with van der Waals surface area (Å²) < 4.78 is 12.9. The third-order valence-electron chi connectivity index (χ3n) is 0.748. The van der Waals surface area contributed by atoms with Crippen molar-refractivity contribution in [2.24, 2.45) is 0 Å². The minimum absolute atomic E-state index is 0.358. The van der Waals surface area contributed by atoms with Crippen molar-refractivity contribution in [3.63, 3.8) is 0 Å². The summed E-state index contributed by atoms with van der Waals surface area (Å²) in [5.41, 5.74) is 0. The number of nitrogens with one attached hydrogen (secondary N) is 1. The first-order valence-corrected chi connectivity index (χ1v) is 2.96. The molecule has 0 saturated carbocycles. The Hall–Kier alpha value is -0.310. The van der Waals surface area contributed by atoms with Crippen LogP contribution in [0.4, 0.5) is 4.39 Å². The summed E-state index contributed by atoms with van der Waals surface area (Å²) >= 11 is 3.13. The van der Waals surface area contributed by atoms with Crippen molar-refractivity contribution in [1.82, 2.24) is 5.32 Å². The van der Waals surface area contributed by atoms with Gasteiger partial charge in [0.25, 0.3) is 0 Å². The third kappa shape index (κ3) is 1.33. The molecule has 1 heterocycles. The molecule has 1 radical (unpaired) electrons. The van der Waals surface area contributed by atoms with Gasteiger partial charge in [-0.2, -0.15) is 0 Å². The fourth-order valence-corrected chi connectivity index (χ4v) is 0.779. The molecule has 0 saturated heterocycles. The molecule has 43 valence electrons. The van der Waals surface area contributed by atoms with Crippen molar-refractivity contribution in [1.29, 1.82) is 0 Å². The minimum Gasteiger partial charge on any atom is -0.376 e. The standard InChI is InChI=1S/C5H4BrFN/c6-4-1-5(7)3-8-2-4/h1,8H,2H2. The number of allylic oxidation sites excluding steroid dienone is 2. The molecule has 0 amide bonds. The zero-order valence-corrected chi connectivity index (χ0v) is 5.63. The first-order chi connectivity index (χ1) is 3.79. The van der Waals surface area contributed by atoms with Crippen molar-refractivity contribution in [2.45, 2.75) is 0 Å². The highest BCUT2D eigenvalue weighted by Gasteiger charge is 1.99. The van der Waals surface area contributed by atoms with Crippen LogP contribution in [0.2, 0.25) is 0 Å². The molecule has 0 bridgehead atoms. The van der Waals surface area contributed by atoms with Crippen LogP contribution in [-0.4, -0.2) is 6.54 Å². The minimum atomic E-state index is -0.358. The Labute approximate surface area is 55.4 Å². The van der Waals surface area contributed by atoms with Crippen LogP contribution in [0.15, 0.2) is 16.4 Å². The smallest absolute Gasteiger partial charge is 0.149 e. The molecular formula is C5H4BrFN. The van der Waals surface area contributed by atoms with E-state index in [9.17, 15) is 4.39 Å². The van der Waals surface area contributed by atoms with Crippen LogP contribution in [0.25, 0.3) is 0 Å². The highest BCUT2D eigenvalue weighted by molar-refractivity contribution is 9.11. The van der Waals surface area contributed by atoms with Gasteiger partial charge in [-0.1, -0.05) is 15.9 Å². The van der Waals surface area contributed by atoms with Crippen LogP contribution in [0, 0.1) is 6.20 Å². The van der Waals surface area contributed by atoms with Crippen LogP contribution >= 0.6 is 15.9 Å². The summed E-state index contributed by atoms with van der Waals surface area (Å²) in [5.74, 6) is -0.358. The highest BCUT2D eigenvalue weighted by Crippen LogP contribution is 2.11. The zero-order chi connectivity index (χ0) is 5.98. The average Bonchev–Trinajstić information content (AvgIpc) is 1.64. The normalized spacial score (nSPS) is 18.8. The first-order valence-electron chi connectivity index (χ1n) is 2.16. The van der Waals surface area contributed by atoms with E-state index in [0.29, 0.717) is 6.54 Å². The molecule has 1 nitrogen and oxygen atoms in total. The van der Waals surface area contributed by atoms with Gasteiger partial charge in [-0.05, 0) is 6.08 Å². The van der Waals surface area contributed by atoms with Crippen LogP contribution in [-0.2, 0) is 0 Å². The maximum absolute atomic E-state index is 12.1. The fourth-order valence-electron chi connectivity index (χ4n) is 0.438. The number of hydrogen-bond acceptors (Lipinski definition) is 1. The van der Waals surface area contributed by atoms with E-state index < -0.39 is 0 Å². The van der Waals surface area contributed by atoms with E-state index >= 15 is 0 Å². The fraction of sp³-hybridized carbons (Fsp3) is 0.200. The van der Waals surface area contributed by atoms with Crippen LogP contribution in [0.5, 0.6) is 0 Å². The van der Waals surface area contributed by atoms with Gasteiger partial charge in [0.05, 0.1) is 6.20 Å². The first kappa shape index (κ1) is 5.82. The summed E-state index contributed by atoms with van der Waals surface area (Å²) in [4.78, 5) is 0. The van der Waals surface area contributed by atoms with Crippen molar-refractivity contribution in [3.8, 4) is 0 Å². The largest absolute Gasteiger partial charge is 0.376 e. The Morgan fingerprint density at radius 2 is 2.62 bits per heavy atom. The number of halogens is 2. The van der Waals surface area contributed by atoms with Gasteiger partial charge in [-0.15, -0.1) is 0 Å². The molecule has 0 aromatic carbocycles. The highest BCUT2D eigenvalue weighted by atomic mass is 79.9. The zero-order valence-electron chi connectivity index (χ0n) is 4.04. The Morgan fingerprint density at radius 1 is 1.88 bits per heavy atom. The Bertz CT molecular complexity index is 151. The van der Waals surface area contributed by atoms with Crippen LogP contribution in [0.3, 0.4) is 0 Å². The molecule has 0 aromatic rings. The van der Waals surface area contributed by atoms with E-state index in [2.05, 4.69) is 27.4 Å². The molecule has 8 heavy (non-hydrogen) atoms. The van der Waals surface area contributed by atoms with Gasteiger partial charge in [0.15, 0.2) is 0 Å². The second-order valence-electron chi connectivity index (χ2n) is 1.42. The Kier molecular flexibility index (Phi) is 1.68. The molecule has 1 rings (SSSR count). The molecule has 3 heteroatoms. The Morgan fingerprint density at radius 3 is 3.00 bits per heavy atom. The topological polar surface area (TPSA) is 12.0 Å². The molecular weight excluding hydrogens is 173 g/mol. The molecule has 0 spiro atoms. The summed E-state index contributed by atoms with van der Waals surface area (Å²) in [7, 11) is 0. The average molecular weight is 177 g/mol. The molecule has 1 aliphatic rings. The molecule has 0 unspecified atom stereocenters. The maximum Gasteiger partial charge on any atom is 0.149 e. The van der Waals surface area contributed by atoms with Gasteiger partial charge < -0.3 is 5.32 Å². The van der Waals surface area contributed by atoms with E-state index in [1.54, 1.807) is 0 Å². The maximum atomic E-state index is 12.1. The lowest BCUT2D eigenvalue weighted by molar-refractivity contribution is 0.637. The van der Waals surface area contributed by atoms with Crippen molar-refractivity contribution >= 4 is 15.9 Å². The molecule has 0 aliphatic carbocycles. The van der Waals surface area contributed by atoms with E-state index in [0.717, 1.165) is 4.48 Å². The third-order valence-corrected chi connectivity index (χ3v) is 1.26. The van der Waals surface area contributed by atoms with Crippen molar-refractivity contribution in [2.75, 3.05) is 6.54 Å². The predicted octanol–water partition coefficient (Wildman–Crippen LogP) is 1.48. The molecule has 1 N–H and O–H groups in total. The van der Waals surface area contributed by atoms with Gasteiger partial charge in [-0.25, -0.2) is 4.39 Å². The van der Waals surface area contributed by atoms with Gasteiger partial charge in [0.1, 0.15) is 5.83 Å². The van der Waals surface area contributed by atoms with Gasteiger partial charge >= 0.3 is 0 Å². The van der Waals surface area contributed by atoms with E-state index in [1.165, 1.54) is 6.08 Å². The van der Waals surface area contributed by atoms with Gasteiger partial charge in [0, 0.05) is 11.0 Å². The van der Waals surface area contributed by atoms with E-state index in [-0.39, 0.29) is 5.83 Å². The van der Waals surface area contributed by atoms with Crippen molar-refractivity contribution < 1.29 is 4.39 Å². The number of rotatable bonds is 0. The SMILES string of the molecule is FC1=[C]NCC(Br)=C1. The molecule has 0 aromatic heterocycles. The summed E-state index contributed by atoms with van der Waals surface area (Å²) in [6.07, 6.45) is 3.69. The second kappa shape index (κ2) is 2.31. The van der Waals surface area contributed by atoms with E-state index in [1.807, 2.05) is 0 Å². The number of hydrogen-bond donors (Lipinski definition) is 1. The molecule has 0 fully saturated rings.